The van der Waals surface area contributed by atoms with E-state index in [1.807, 2.05) is 0 Å². The molecule has 1 amide bonds. The molecule has 0 radical (unpaired) electrons. The molecule has 19 nitrogen and oxygen atoms in total. The van der Waals surface area contributed by atoms with Crippen LogP contribution in [0.5, 0.6) is 0 Å². The fraction of sp³-hybridized carbons (Fsp3) is 0.771. The van der Waals surface area contributed by atoms with E-state index in [9.17, 15) is 61.0 Å². The van der Waals surface area contributed by atoms with Gasteiger partial charge < -0.3 is 89.9 Å². The van der Waals surface area contributed by atoms with E-state index in [0.29, 0.717) is 12.8 Å². The number of unbranched alkanes of at least 4 members (excludes halogenated alkanes) is 28. The monoisotopic (exact) mass is 1440 g/mol. The molecule has 0 bridgehead atoms. The van der Waals surface area contributed by atoms with Gasteiger partial charge >= 0.3 is 0 Å². The third-order valence-corrected chi connectivity index (χ3v) is 19.4. The average Bonchev–Trinajstić information content (AvgIpc) is 0.781. The van der Waals surface area contributed by atoms with Crippen molar-refractivity contribution in [3.05, 3.63) is 109 Å². The summed E-state index contributed by atoms with van der Waals surface area (Å²) in [7, 11) is 0. The number of nitrogens with one attached hydrogen (secondary N) is 1. The number of allylic oxidation sites excluding steroid dienone is 18. The number of amides is 1. The molecule has 19 heteroatoms. The van der Waals surface area contributed by atoms with Gasteiger partial charge in [-0.1, -0.05) is 297 Å². The predicted octanol–water partition coefficient (Wildman–Crippen LogP) is 13.3. The summed E-state index contributed by atoms with van der Waals surface area (Å²) in [5.74, 6) is -0.263. The van der Waals surface area contributed by atoms with Crippen LogP contribution in [0, 0.1) is 0 Å². The second-order valence-electron chi connectivity index (χ2n) is 28.2. The Labute approximate surface area is 615 Å². The molecule has 0 aromatic rings. The summed E-state index contributed by atoms with van der Waals surface area (Å²) < 4.78 is 34.5. The van der Waals surface area contributed by atoms with Crippen molar-refractivity contribution in [2.24, 2.45) is 0 Å². The maximum atomic E-state index is 13.5. The first-order valence-corrected chi connectivity index (χ1v) is 40.1. The van der Waals surface area contributed by atoms with Crippen LogP contribution in [0.2, 0.25) is 0 Å². The summed E-state index contributed by atoms with van der Waals surface area (Å²) in [6.07, 6.45) is 58.7. The van der Waals surface area contributed by atoms with Crippen molar-refractivity contribution in [2.75, 3.05) is 26.4 Å². The number of rotatable bonds is 62. The van der Waals surface area contributed by atoms with E-state index < -0.39 is 124 Å². The Morgan fingerprint density at radius 3 is 1.06 bits per heavy atom. The molecule has 3 heterocycles. The van der Waals surface area contributed by atoms with Gasteiger partial charge in [0.2, 0.25) is 5.91 Å². The minimum absolute atomic E-state index is 0.237. The topological polar surface area (TPSA) is 307 Å². The maximum Gasteiger partial charge on any atom is 0.220 e. The van der Waals surface area contributed by atoms with Crippen LogP contribution in [0.25, 0.3) is 0 Å². The normalized spacial score (nSPS) is 26.8. The van der Waals surface area contributed by atoms with Gasteiger partial charge in [0.1, 0.15) is 73.2 Å². The zero-order valence-corrected chi connectivity index (χ0v) is 62.8. The minimum atomic E-state index is -1.98. The van der Waals surface area contributed by atoms with Gasteiger partial charge in [-0.05, 0) is 83.5 Å². The van der Waals surface area contributed by atoms with Crippen LogP contribution in [0.3, 0.4) is 0 Å². The molecule has 17 unspecified atom stereocenters. The average molecular weight is 1440 g/mol. The highest BCUT2D eigenvalue weighted by Gasteiger charge is 2.54. The molecule has 12 N–H and O–H groups in total. The standard InChI is InChI=1S/C83H143NO18/c1-3-5-7-9-11-13-15-17-19-21-23-25-27-29-30-31-32-33-34-35-36-37-39-41-43-45-47-49-51-53-55-57-59-61-71(89)84-66(67(88)60-58-56-54-52-50-48-46-44-42-40-38-28-26-24-22-20-18-16-14-12-10-8-6-4-2)65-97-81-77(95)74(92)79(69(63-86)99-81)102-83-78(96)75(93)80(70(64-87)100-83)101-82-76(94)73(91)72(90)68(62-85)98-82/h5,7,11,13,17,19,23,25,29-30,32-33,35-36,39,41,45,47,66-70,72-83,85-88,90-96H,3-4,6,8-10,12,14-16,18,20-22,24,26-28,31,34,37-38,40,42-44,46,48-65H2,1-2H3,(H,84,89)/b7-5-,13-11-,19-17-,25-23-,30-29-,33-32-,36-35-,41-39-,47-45-. The van der Waals surface area contributed by atoms with E-state index in [0.717, 1.165) is 116 Å². The summed E-state index contributed by atoms with van der Waals surface area (Å²) in [6, 6.07) is -0.908. The summed E-state index contributed by atoms with van der Waals surface area (Å²) in [5, 5.41) is 121. The molecule has 102 heavy (non-hydrogen) atoms. The first-order valence-electron chi connectivity index (χ1n) is 40.1. The number of aliphatic hydroxyl groups is 11. The molecule has 0 spiro atoms. The second kappa shape index (κ2) is 62.5. The molecule has 0 aromatic heterocycles. The first-order chi connectivity index (χ1) is 49.8. The van der Waals surface area contributed by atoms with Gasteiger partial charge in [-0.15, -0.1) is 0 Å². The van der Waals surface area contributed by atoms with Gasteiger partial charge in [-0.25, -0.2) is 0 Å². The van der Waals surface area contributed by atoms with Crippen molar-refractivity contribution in [1.82, 2.24) is 5.32 Å². The van der Waals surface area contributed by atoms with E-state index in [-0.39, 0.29) is 18.9 Å². The number of carbonyl (C=O) groups is 1. The third-order valence-electron chi connectivity index (χ3n) is 19.4. The lowest BCUT2D eigenvalue weighted by molar-refractivity contribution is -0.379. The summed E-state index contributed by atoms with van der Waals surface area (Å²) in [4.78, 5) is 13.5. The van der Waals surface area contributed by atoms with Gasteiger partial charge in [-0.2, -0.15) is 0 Å². The Bertz CT molecular complexity index is 2270. The van der Waals surface area contributed by atoms with Crippen molar-refractivity contribution in [1.29, 1.82) is 0 Å². The lowest BCUT2D eigenvalue weighted by atomic mass is 9.96. The molecule has 3 saturated heterocycles. The maximum absolute atomic E-state index is 13.5. The van der Waals surface area contributed by atoms with Gasteiger partial charge in [0.05, 0.1) is 38.6 Å². The Morgan fingerprint density at radius 1 is 0.363 bits per heavy atom. The zero-order chi connectivity index (χ0) is 73.9. The molecule has 588 valence electrons. The molecule has 17 atom stereocenters. The molecule has 0 saturated carbocycles. The largest absolute Gasteiger partial charge is 0.394 e. The number of carbonyl (C=O) groups excluding carboxylic acids is 1. The summed E-state index contributed by atoms with van der Waals surface area (Å²) in [5.41, 5.74) is 0. The van der Waals surface area contributed by atoms with Gasteiger partial charge in [0, 0.05) is 6.42 Å². The van der Waals surface area contributed by atoms with Gasteiger partial charge in [0.25, 0.3) is 0 Å². The van der Waals surface area contributed by atoms with Crippen molar-refractivity contribution in [2.45, 2.75) is 381 Å². The fourth-order valence-electron chi connectivity index (χ4n) is 13.0. The van der Waals surface area contributed by atoms with Gasteiger partial charge in [0.15, 0.2) is 18.9 Å². The van der Waals surface area contributed by atoms with Crippen molar-refractivity contribution < 1.29 is 89.4 Å². The molecular formula is C83H143NO18. The van der Waals surface area contributed by atoms with Crippen LogP contribution in [0.1, 0.15) is 277 Å². The number of hydrogen-bond acceptors (Lipinski definition) is 18. The van der Waals surface area contributed by atoms with E-state index in [1.165, 1.54) is 128 Å². The highest BCUT2D eigenvalue weighted by Crippen LogP contribution is 2.33. The molecule has 3 fully saturated rings. The quantitative estimate of drug-likeness (QED) is 0.0199. The van der Waals surface area contributed by atoms with Crippen molar-refractivity contribution >= 4 is 5.91 Å². The highest BCUT2D eigenvalue weighted by atomic mass is 16.8. The molecule has 0 aromatic carbocycles. The summed E-state index contributed by atoms with van der Waals surface area (Å²) >= 11 is 0. The number of hydrogen-bond donors (Lipinski definition) is 12. The molecule has 3 rings (SSSR count). The molecule has 0 aliphatic carbocycles. The summed E-state index contributed by atoms with van der Waals surface area (Å²) in [6.45, 7) is 1.69. The fourth-order valence-corrected chi connectivity index (χ4v) is 13.0. The van der Waals surface area contributed by atoms with Crippen LogP contribution < -0.4 is 5.32 Å². The van der Waals surface area contributed by atoms with Crippen LogP contribution in [-0.4, -0.2) is 193 Å². The van der Waals surface area contributed by atoms with Crippen LogP contribution in [0.4, 0.5) is 0 Å². The molecule has 3 aliphatic rings. The smallest absolute Gasteiger partial charge is 0.220 e. The molecular weight excluding hydrogens is 1300 g/mol. The van der Waals surface area contributed by atoms with Crippen molar-refractivity contribution in [3.63, 3.8) is 0 Å². The van der Waals surface area contributed by atoms with E-state index in [1.54, 1.807) is 0 Å². The van der Waals surface area contributed by atoms with E-state index >= 15 is 0 Å². The van der Waals surface area contributed by atoms with Crippen LogP contribution in [-0.2, 0) is 33.2 Å². The van der Waals surface area contributed by atoms with E-state index in [4.69, 9.17) is 28.4 Å². The predicted molar refractivity (Wildman–Crippen MR) is 406 cm³/mol. The third kappa shape index (κ3) is 42.1. The minimum Gasteiger partial charge on any atom is -0.394 e. The Morgan fingerprint density at radius 2 is 0.676 bits per heavy atom. The number of aliphatic hydroxyl groups excluding tert-OH is 11. The zero-order valence-electron chi connectivity index (χ0n) is 62.8. The van der Waals surface area contributed by atoms with Crippen LogP contribution in [0.15, 0.2) is 109 Å². The van der Waals surface area contributed by atoms with Crippen LogP contribution >= 0.6 is 0 Å². The Hall–Kier alpha value is -3.55. The lowest BCUT2D eigenvalue weighted by Gasteiger charge is -2.48. The van der Waals surface area contributed by atoms with Crippen molar-refractivity contribution in [3.8, 4) is 0 Å². The second-order valence-corrected chi connectivity index (χ2v) is 28.2. The highest BCUT2D eigenvalue weighted by molar-refractivity contribution is 5.76. The lowest BCUT2D eigenvalue weighted by Crippen LogP contribution is -2.66. The first kappa shape index (κ1) is 92.7. The van der Waals surface area contributed by atoms with Gasteiger partial charge in [-0.3, -0.25) is 4.79 Å². The molecule has 3 aliphatic heterocycles. The SMILES string of the molecule is CC/C=C\C/C=C\C/C=C\C/C=C\C/C=C\C/C=C\C/C=C\C/C=C\C/C=C\CCCCCCCC(=O)NC(COC1OC(CO)C(OC2OC(CO)C(OC3OC(CO)C(O)C(O)C3O)C(O)C2O)C(O)C1O)C(O)CCCCCCCCCCCCCCCCCCCCCCCCCC. The Balaban J connectivity index is 1.39. The Kier molecular flexibility index (Phi) is 56.8. The number of ether oxygens (including phenoxy) is 6. The van der Waals surface area contributed by atoms with E-state index in [2.05, 4.69) is 129 Å².